The monoisotopic (exact) mass is 552 g/mol. The Morgan fingerprint density at radius 2 is 1.87 bits per heavy atom. The van der Waals surface area contributed by atoms with E-state index in [1.165, 1.54) is 0 Å². The molecule has 0 radical (unpaired) electrons. The van der Waals surface area contributed by atoms with Crippen molar-refractivity contribution in [3.05, 3.63) is 82.4 Å². The third-order valence-corrected chi connectivity index (χ3v) is 6.26. The van der Waals surface area contributed by atoms with Gasteiger partial charge in [0.1, 0.15) is 5.84 Å². The molecule has 0 unspecified atom stereocenters. The highest BCUT2D eigenvalue weighted by atomic mass is 35.5. The van der Waals surface area contributed by atoms with Crippen molar-refractivity contribution in [1.82, 2.24) is 0 Å². The van der Waals surface area contributed by atoms with Crippen molar-refractivity contribution in [2.24, 2.45) is 11.1 Å². The van der Waals surface area contributed by atoms with Gasteiger partial charge >= 0.3 is 5.97 Å². The highest BCUT2D eigenvalue weighted by Gasteiger charge is 2.34. The number of nitrogens with one attached hydrogen (secondary N) is 3. The van der Waals surface area contributed by atoms with Crippen LogP contribution in [0.2, 0.25) is 5.02 Å². The summed E-state index contributed by atoms with van der Waals surface area (Å²) in [5, 5.41) is 23.1. The number of nitrogens with two attached hydrogens (primary N) is 1. The van der Waals surface area contributed by atoms with E-state index >= 15 is 0 Å². The second-order valence-electron chi connectivity index (χ2n) is 9.51. The molecule has 39 heavy (non-hydrogen) atoms. The fourth-order valence-corrected chi connectivity index (χ4v) is 4.05. The first-order valence-electron chi connectivity index (χ1n) is 12.1. The van der Waals surface area contributed by atoms with Crippen LogP contribution in [0.25, 0.3) is 0 Å². The second-order valence-corrected chi connectivity index (χ2v) is 9.94. The standard InChI is InChI=1S/C28H29ClN4O6/c1-28(14-37-15-28)16-39-23-4-2-3-18(25(23)38-13-24(34)35)12-32-22-10-7-19(29)11-21(22)27(36)33-20-8-5-17(6-9-20)26(30)31/h2-11,32H,12-16H2,1H3,(H3,30,31)(H,33,36)(H,34,35). The molecule has 1 saturated heterocycles. The average molecular weight is 553 g/mol. The summed E-state index contributed by atoms with van der Waals surface area (Å²) in [7, 11) is 0. The number of benzene rings is 3. The molecule has 0 saturated carbocycles. The topological polar surface area (TPSA) is 156 Å². The van der Waals surface area contributed by atoms with Gasteiger partial charge in [-0.15, -0.1) is 0 Å². The lowest BCUT2D eigenvalue weighted by atomic mass is 9.90. The van der Waals surface area contributed by atoms with Gasteiger partial charge in [-0.2, -0.15) is 0 Å². The molecule has 11 heteroatoms. The number of carbonyl (C=O) groups is 2. The number of amides is 1. The van der Waals surface area contributed by atoms with Crippen molar-refractivity contribution < 1.29 is 28.9 Å². The first-order valence-corrected chi connectivity index (χ1v) is 12.5. The third kappa shape index (κ3) is 7.18. The van der Waals surface area contributed by atoms with Crippen LogP contribution in [-0.2, 0) is 16.1 Å². The van der Waals surface area contributed by atoms with E-state index < -0.39 is 18.5 Å². The highest BCUT2D eigenvalue weighted by Crippen LogP contribution is 2.35. The predicted octanol–water partition coefficient (Wildman–Crippen LogP) is 4.37. The fraction of sp³-hybridized carbons (Fsp3) is 0.250. The van der Waals surface area contributed by atoms with E-state index in [-0.39, 0.29) is 17.8 Å². The molecule has 204 valence electrons. The van der Waals surface area contributed by atoms with Crippen LogP contribution in [0.1, 0.15) is 28.4 Å². The van der Waals surface area contributed by atoms with Gasteiger partial charge in [0.05, 0.1) is 25.4 Å². The minimum Gasteiger partial charge on any atom is -0.489 e. The largest absolute Gasteiger partial charge is 0.489 e. The van der Waals surface area contributed by atoms with E-state index in [9.17, 15) is 14.7 Å². The number of para-hydroxylation sites is 1. The number of hydrogen-bond acceptors (Lipinski definition) is 7. The molecule has 0 spiro atoms. The van der Waals surface area contributed by atoms with Gasteiger partial charge in [0, 0.05) is 39.5 Å². The number of nitrogen functional groups attached to an aromatic ring is 1. The van der Waals surface area contributed by atoms with Crippen molar-refractivity contribution in [2.75, 3.05) is 37.1 Å². The number of ether oxygens (including phenoxy) is 3. The zero-order valence-electron chi connectivity index (χ0n) is 21.3. The Balaban J connectivity index is 1.53. The van der Waals surface area contributed by atoms with Crippen LogP contribution < -0.4 is 25.8 Å². The molecule has 0 atom stereocenters. The number of halogens is 1. The Kier molecular flexibility index (Phi) is 8.58. The molecule has 1 fully saturated rings. The molecular weight excluding hydrogens is 524 g/mol. The van der Waals surface area contributed by atoms with Crippen LogP contribution in [0.3, 0.4) is 0 Å². The summed E-state index contributed by atoms with van der Waals surface area (Å²) < 4.78 is 16.9. The van der Waals surface area contributed by atoms with Gasteiger partial charge in [0.25, 0.3) is 5.91 Å². The Morgan fingerprint density at radius 3 is 2.51 bits per heavy atom. The number of amidine groups is 1. The highest BCUT2D eigenvalue weighted by molar-refractivity contribution is 6.31. The maximum absolute atomic E-state index is 13.1. The molecule has 1 aliphatic heterocycles. The molecule has 3 aromatic rings. The fourth-order valence-electron chi connectivity index (χ4n) is 3.88. The summed E-state index contributed by atoms with van der Waals surface area (Å²) in [6.07, 6.45) is 0. The van der Waals surface area contributed by atoms with E-state index in [4.69, 9.17) is 37.0 Å². The van der Waals surface area contributed by atoms with Crippen LogP contribution in [0.4, 0.5) is 11.4 Å². The van der Waals surface area contributed by atoms with Gasteiger partial charge in [-0.25, -0.2) is 4.79 Å². The number of rotatable bonds is 12. The summed E-state index contributed by atoms with van der Waals surface area (Å²) in [6.45, 7) is 3.28. The molecule has 3 aromatic carbocycles. The molecular formula is C28H29ClN4O6. The van der Waals surface area contributed by atoms with Crippen molar-refractivity contribution >= 4 is 40.7 Å². The van der Waals surface area contributed by atoms with Gasteiger partial charge < -0.3 is 35.7 Å². The van der Waals surface area contributed by atoms with Crippen LogP contribution in [0.5, 0.6) is 11.5 Å². The van der Waals surface area contributed by atoms with Crippen molar-refractivity contribution in [2.45, 2.75) is 13.5 Å². The van der Waals surface area contributed by atoms with Crippen LogP contribution in [-0.4, -0.2) is 49.2 Å². The quantitative estimate of drug-likeness (QED) is 0.164. The van der Waals surface area contributed by atoms with Crippen molar-refractivity contribution in [1.29, 1.82) is 5.41 Å². The Hall–Kier alpha value is -4.28. The molecule has 0 aromatic heterocycles. The molecule has 0 bridgehead atoms. The first kappa shape index (κ1) is 27.7. The maximum atomic E-state index is 13.1. The van der Waals surface area contributed by atoms with Gasteiger partial charge in [-0.05, 0) is 48.5 Å². The average Bonchev–Trinajstić information content (AvgIpc) is 2.89. The summed E-state index contributed by atoms with van der Waals surface area (Å²) in [4.78, 5) is 24.4. The minimum absolute atomic E-state index is 0.0679. The van der Waals surface area contributed by atoms with Crippen LogP contribution in [0, 0.1) is 10.8 Å². The number of carboxylic acid groups (broad SMARTS) is 1. The van der Waals surface area contributed by atoms with Crippen LogP contribution in [0.15, 0.2) is 60.7 Å². The number of carboxylic acids is 1. The van der Waals surface area contributed by atoms with Gasteiger partial charge in [-0.1, -0.05) is 30.7 Å². The number of aliphatic carboxylic acids is 1. The van der Waals surface area contributed by atoms with Crippen LogP contribution >= 0.6 is 11.6 Å². The van der Waals surface area contributed by atoms with E-state index in [0.29, 0.717) is 64.4 Å². The normalized spacial score (nSPS) is 13.6. The smallest absolute Gasteiger partial charge is 0.341 e. The zero-order valence-corrected chi connectivity index (χ0v) is 22.0. The maximum Gasteiger partial charge on any atom is 0.341 e. The Morgan fingerprint density at radius 1 is 1.13 bits per heavy atom. The molecule has 1 amide bonds. The molecule has 0 aliphatic carbocycles. The van der Waals surface area contributed by atoms with Gasteiger partial charge in [0.2, 0.25) is 0 Å². The van der Waals surface area contributed by atoms with E-state index in [2.05, 4.69) is 10.6 Å². The van der Waals surface area contributed by atoms with Crippen molar-refractivity contribution in [3.8, 4) is 11.5 Å². The lowest BCUT2D eigenvalue weighted by molar-refractivity contribution is -0.139. The predicted molar refractivity (Wildman–Crippen MR) is 148 cm³/mol. The van der Waals surface area contributed by atoms with Gasteiger partial charge in [0.15, 0.2) is 18.1 Å². The van der Waals surface area contributed by atoms with E-state index in [1.54, 1.807) is 60.7 Å². The first-order chi connectivity index (χ1) is 18.6. The van der Waals surface area contributed by atoms with Gasteiger partial charge in [-0.3, -0.25) is 10.2 Å². The molecule has 1 heterocycles. The Bertz CT molecular complexity index is 1370. The number of anilines is 2. The zero-order chi connectivity index (χ0) is 28.0. The van der Waals surface area contributed by atoms with E-state index in [0.717, 1.165) is 0 Å². The second kappa shape index (κ2) is 12.1. The molecule has 1 aliphatic rings. The van der Waals surface area contributed by atoms with Crippen molar-refractivity contribution in [3.63, 3.8) is 0 Å². The molecule has 6 N–H and O–H groups in total. The lowest BCUT2D eigenvalue weighted by Crippen LogP contribution is -2.44. The molecule has 10 nitrogen and oxygen atoms in total. The summed E-state index contributed by atoms with van der Waals surface area (Å²) >= 11 is 6.20. The van der Waals surface area contributed by atoms with E-state index in [1.807, 2.05) is 6.92 Å². The molecule has 4 rings (SSSR count). The summed E-state index contributed by atoms with van der Waals surface area (Å²) in [5.74, 6) is -0.850. The Labute approximate surface area is 230 Å². The summed E-state index contributed by atoms with van der Waals surface area (Å²) in [5.41, 5.74) is 7.90. The lowest BCUT2D eigenvalue weighted by Gasteiger charge is -2.37. The number of hydrogen-bond donors (Lipinski definition) is 5. The minimum atomic E-state index is -1.11. The summed E-state index contributed by atoms with van der Waals surface area (Å²) in [6, 6.07) is 16.8. The third-order valence-electron chi connectivity index (χ3n) is 6.03. The SMILES string of the molecule is CC1(COc2cccc(CNc3ccc(Cl)cc3C(=O)Nc3ccc(C(=N)N)cc3)c2OCC(=O)O)COC1. The number of carbonyl (C=O) groups excluding carboxylic acids is 1.